The van der Waals surface area contributed by atoms with Gasteiger partial charge in [-0.3, -0.25) is 0 Å². The van der Waals surface area contributed by atoms with Crippen molar-refractivity contribution in [1.82, 2.24) is 0 Å². The van der Waals surface area contributed by atoms with Crippen molar-refractivity contribution >= 4 is 17.3 Å². The second-order valence-corrected chi connectivity index (χ2v) is 6.45. The lowest BCUT2D eigenvalue weighted by molar-refractivity contribution is 0.204. The van der Waals surface area contributed by atoms with E-state index in [2.05, 4.69) is 0 Å². The van der Waals surface area contributed by atoms with Crippen LogP contribution in [-0.4, -0.2) is 11.7 Å². The molecule has 2 aromatic rings. The third-order valence-corrected chi connectivity index (χ3v) is 4.44. The number of hydrogen-bond acceptors (Lipinski definition) is 3. The first kappa shape index (κ1) is 18.4. The minimum atomic E-state index is -0.652. The number of rotatable bonds is 5. The van der Waals surface area contributed by atoms with Crippen molar-refractivity contribution in [1.29, 1.82) is 0 Å². The summed E-state index contributed by atoms with van der Waals surface area (Å²) >= 11 is 6.36. The molecule has 0 saturated carbocycles. The van der Waals surface area contributed by atoms with E-state index < -0.39 is 11.6 Å². The minimum Gasteiger partial charge on any atom is -0.487 e. The first-order valence-electron chi connectivity index (χ1n) is 8.09. The SMILES string of the molecule is CC1=CC(OCc2ccc(F)cc2F)=C(Cl)CN1c1cccc(CO)c1. The second kappa shape index (κ2) is 7.89. The van der Waals surface area contributed by atoms with Crippen LogP contribution in [0.25, 0.3) is 0 Å². The van der Waals surface area contributed by atoms with Crippen molar-refractivity contribution in [3.05, 3.63) is 87.8 Å². The Morgan fingerprint density at radius 3 is 2.73 bits per heavy atom. The number of ether oxygens (including phenoxy) is 1. The van der Waals surface area contributed by atoms with Crippen molar-refractivity contribution in [3.63, 3.8) is 0 Å². The molecular formula is C20H18ClF2NO2. The van der Waals surface area contributed by atoms with Gasteiger partial charge in [-0.1, -0.05) is 23.7 Å². The quantitative estimate of drug-likeness (QED) is 0.808. The van der Waals surface area contributed by atoms with Crippen molar-refractivity contribution in [2.45, 2.75) is 20.1 Å². The third kappa shape index (κ3) is 4.06. The molecule has 3 nitrogen and oxygen atoms in total. The van der Waals surface area contributed by atoms with E-state index in [-0.39, 0.29) is 18.8 Å². The molecule has 0 bridgehead atoms. The topological polar surface area (TPSA) is 32.7 Å². The van der Waals surface area contributed by atoms with E-state index in [1.54, 1.807) is 6.08 Å². The van der Waals surface area contributed by atoms with E-state index in [0.29, 0.717) is 17.3 Å². The Balaban J connectivity index is 1.74. The highest BCUT2D eigenvalue weighted by molar-refractivity contribution is 6.30. The van der Waals surface area contributed by atoms with Crippen LogP contribution in [0.1, 0.15) is 18.1 Å². The number of allylic oxidation sites excluding steroid dienone is 2. The number of aliphatic hydroxyl groups is 1. The molecule has 0 amide bonds. The van der Waals surface area contributed by atoms with Gasteiger partial charge in [0.05, 0.1) is 18.2 Å². The van der Waals surface area contributed by atoms with Gasteiger partial charge in [-0.05, 0) is 36.8 Å². The van der Waals surface area contributed by atoms with Gasteiger partial charge in [0.2, 0.25) is 0 Å². The summed E-state index contributed by atoms with van der Waals surface area (Å²) in [5.74, 6) is -0.819. The molecule has 0 unspecified atom stereocenters. The molecule has 0 atom stereocenters. The molecule has 1 aliphatic rings. The molecule has 0 radical (unpaired) electrons. The number of nitrogens with zero attached hydrogens (tertiary/aromatic N) is 1. The Labute approximate surface area is 155 Å². The standard InChI is InChI=1S/C20H18ClF2NO2/c1-13-7-20(26-12-15-5-6-16(22)9-19(15)23)18(21)10-24(13)17-4-2-3-14(8-17)11-25/h2-9,25H,10-12H2,1H3. The molecule has 0 aromatic heterocycles. The average molecular weight is 378 g/mol. The summed E-state index contributed by atoms with van der Waals surface area (Å²) in [5.41, 5.74) is 2.88. The molecular weight excluding hydrogens is 360 g/mol. The summed E-state index contributed by atoms with van der Waals surface area (Å²) in [6.45, 7) is 2.24. The van der Waals surface area contributed by atoms with E-state index in [9.17, 15) is 13.9 Å². The van der Waals surface area contributed by atoms with E-state index in [1.165, 1.54) is 12.1 Å². The van der Waals surface area contributed by atoms with Gasteiger partial charge in [-0.2, -0.15) is 0 Å². The molecule has 2 aromatic carbocycles. The number of aliphatic hydroxyl groups excluding tert-OH is 1. The molecule has 1 heterocycles. The van der Waals surface area contributed by atoms with E-state index in [4.69, 9.17) is 16.3 Å². The Hall–Kier alpha value is -2.37. The monoisotopic (exact) mass is 377 g/mol. The summed E-state index contributed by atoms with van der Waals surface area (Å²) in [6.07, 6.45) is 1.78. The Bertz CT molecular complexity index is 880. The van der Waals surface area contributed by atoms with Gasteiger partial charge in [0.1, 0.15) is 24.0 Å². The van der Waals surface area contributed by atoms with Gasteiger partial charge in [0.25, 0.3) is 0 Å². The largest absolute Gasteiger partial charge is 0.487 e. The normalized spacial score (nSPS) is 14.5. The predicted molar refractivity (Wildman–Crippen MR) is 97.5 cm³/mol. The molecule has 0 spiro atoms. The van der Waals surface area contributed by atoms with Crippen molar-refractivity contribution in [2.75, 3.05) is 11.4 Å². The number of hydrogen-bond donors (Lipinski definition) is 1. The van der Waals surface area contributed by atoms with Crippen LogP contribution in [0.5, 0.6) is 0 Å². The van der Waals surface area contributed by atoms with E-state index in [0.717, 1.165) is 23.0 Å². The van der Waals surface area contributed by atoms with Crippen molar-refractivity contribution in [2.24, 2.45) is 0 Å². The molecule has 1 N–H and O–H groups in total. The Morgan fingerprint density at radius 1 is 1.19 bits per heavy atom. The highest BCUT2D eigenvalue weighted by Crippen LogP contribution is 2.30. The molecule has 136 valence electrons. The van der Waals surface area contributed by atoms with Crippen LogP contribution >= 0.6 is 11.6 Å². The first-order chi connectivity index (χ1) is 12.5. The van der Waals surface area contributed by atoms with Crippen LogP contribution < -0.4 is 4.90 Å². The van der Waals surface area contributed by atoms with Crippen molar-refractivity contribution < 1.29 is 18.6 Å². The number of benzene rings is 2. The van der Waals surface area contributed by atoms with Crippen LogP contribution in [0.3, 0.4) is 0 Å². The Morgan fingerprint density at radius 2 is 2.00 bits per heavy atom. The summed E-state index contributed by atoms with van der Waals surface area (Å²) in [6, 6.07) is 10.9. The Kier molecular flexibility index (Phi) is 5.59. The highest BCUT2D eigenvalue weighted by atomic mass is 35.5. The summed E-state index contributed by atoms with van der Waals surface area (Å²) < 4.78 is 32.3. The number of anilines is 1. The summed E-state index contributed by atoms with van der Waals surface area (Å²) in [5, 5.41) is 9.77. The summed E-state index contributed by atoms with van der Waals surface area (Å²) in [7, 11) is 0. The van der Waals surface area contributed by atoms with Crippen LogP contribution in [-0.2, 0) is 18.0 Å². The van der Waals surface area contributed by atoms with Crippen LogP contribution in [0.15, 0.2) is 65.0 Å². The maximum absolute atomic E-state index is 13.7. The predicted octanol–water partition coefficient (Wildman–Crippen LogP) is 4.85. The molecule has 1 aliphatic heterocycles. The minimum absolute atomic E-state index is 0.0361. The van der Waals surface area contributed by atoms with Gasteiger partial charge in [0, 0.05) is 29.1 Å². The zero-order valence-corrected chi connectivity index (χ0v) is 14.9. The van der Waals surface area contributed by atoms with Crippen LogP contribution in [0, 0.1) is 11.6 Å². The van der Waals surface area contributed by atoms with Crippen LogP contribution in [0.2, 0.25) is 0 Å². The smallest absolute Gasteiger partial charge is 0.137 e. The third-order valence-electron chi connectivity index (χ3n) is 4.13. The van der Waals surface area contributed by atoms with Gasteiger partial charge in [0.15, 0.2) is 0 Å². The zero-order chi connectivity index (χ0) is 18.7. The van der Waals surface area contributed by atoms with Gasteiger partial charge in [-0.25, -0.2) is 8.78 Å². The maximum atomic E-state index is 13.7. The maximum Gasteiger partial charge on any atom is 0.137 e. The lowest BCUT2D eigenvalue weighted by atomic mass is 10.1. The second-order valence-electron chi connectivity index (χ2n) is 5.99. The molecule has 26 heavy (non-hydrogen) atoms. The fraction of sp³-hybridized carbons (Fsp3) is 0.200. The molecule has 6 heteroatoms. The lowest BCUT2D eigenvalue weighted by Crippen LogP contribution is -2.26. The number of halogens is 3. The highest BCUT2D eigenvalue weighted by Gasteiger charge is 2.20. The van der Waals surface area contributed by atoms with Gasteiger partial charge in [-0.15, -0.1) is 0 Å². The fourth-order valence-corrected chi connectivity index (χ4v) is 2.95. The average Bonchev–Trinajstić information content (AvgIpc) is 2.63. The molecule has 0 aliphatic carbocycles. The lowest BCUT2D eigenvalue weighted by Gasteiger charge is -2.30. The molecule has 3 rings (SSSR count). The van der Waals surface area contributed by atoms with Gasteiger partial charge >= 0.3 is 0 Å². The molecule has 0 saturated heterocycles. The van der Waals surface area contributed by atoms with E-state index >= 15 is 0 Å². The zero-order valence-electron chi connectivity index (χ0n) is 14.2. The van der Waals surface area contributed by atoms with Crippen LogP contribution in [0.4, 0.5) is 14.5 Å². The van der Waals surface area contributed by atoms with Gasteiger partial charge < -0.3 is 14.7 Å². The summed E-state index contributed by atoms with van der Waals surface area (Å²) in [4.78, 5) is 1.99. The van der Waals surface area contributed by atoms with E-state index in [1.807, 2.05) is 36.1 Å². The first-order valence-corrected chi connectivity index (χ1v) is 8.46. The molecule has 0 fully saturated rings. The van der Waals surface area contributed by atoms with Crippen molar-refractivity contribution in [3.8, 4) is 0 Å². The fourth-order valence-electron chi connectivity index (χ4n) is 2.72.